The molecule has 1 aromatic heterocycles. The number of nitro benzene ring substituents is 1. The Labute approximate surface area is 200 Å². The molecular formula is C23H18F2N4O5S. The lowest BCUT2D eigenvalue weighted by Crippen LogP contribution is -2.34. The predicted molar refractivity (Wildman–Crippen MR) is 122 cm³/mol. The fourth-order valence-electron chi connectivity index (χ4n) is 3.78. The van der Waals surface area contributed by atoms with Gasteiger partial charge < -0.3 is 4.90 Å². The third-order valence-electron chi connectivity index (χ3n) is 5.54. The van der Waals surface area contributed by atoms with E-state index in [1.54, 1.807) is 6.92 Å². The van der Waals surface area contributed by atoms with Gasteiger partial charge in [-0.3, -0.25) is 23.9 Å². The van der Waals surface area contributed by atoms with Crippen LogP contribution >= 0.6 is 0 Å². The summed E-state index contributed by atoms with van der Waals surface area (Å²) in [5.41, 5.74) is -0.752. The molecule has 1 aliphatic heterocycles. The summed E-state index contributed by atoms with van der Waals surface area (Å²) in [5, 5.41) is 11.4. The summed E-state index contributed by atoms with van der Waals surface area (Å²) in [5.74, 6) is -3.78. The number of alkyl halides is 2. The fourth-order valence-corrected chi connectivity index (χ4v) is 5.30. The number of anilines is 1. The summed E-state index contributed by atoms with van der Waals surface area (Å²) >= 11 is 0. The molecule has 0 saturated carbocycles. The van der Waals surface area contributed by atoms with Gasteiger partial charge in [-0.05, 0) is 24.6 Å². The average molecular weight is 500 g/mol. The maximum absolute atomic E-state index is 14.7. The van der Waals surface area contributed by atoms with E-state index in [4.69, 9.17) is 0 Å². The summed E-state index contributed by atoms with van der Waals surface area (Å²) in [6.45, 7) is 1.34. The van der Waals surface area contributed by atoms with E-state index in [1.165, 1.54) is 42.7 Å². The van der Waals surface area contributed by atoms with Gasteiger partial charge in [0, 0.05) is 36.2 Å². The van der Waals surface area contributed by atoms with Crippen molar-refractivity contribution in [3.05, 3.63) is 87.0 Å². The van der Waals surface area contributed by atoms with Crippen LogP contribution in [0.2, 0.25) is 0 Å². The van der Waals surface area contributed by atoms with Crippen LogP contribution in [0.1, 0.15) is 44.1 Å². The molecule has 1 amide bonds. The molecule has 4 rings (SSSR count). The minimum Gasteiger partial charge on any atom is -0.303 e. The van der Waals surface area contributed by atoms with E-state index in [1.807, 2.05) is 0 Å². The molecule has 0 fully saturated rings. The molecule has 0 saturated heterocycles. The Kier molecular flexibility index (Phi) is 6.48. The first-order valence-corrected chi connectivity index (χ1v) is 11.7. The highest BCUT2D eigenvalue weighted by atomic mass is 32.2. The number of nitrogens with zero attached hydrogens (tertiary/aromatic N) is 4. The molecule has 0 aliphatic carbocycles. The second-order valence-corrected chi connectivity index (χ2v) is 9.34. The number of fused-ring (bicyclic) bond motifs is 1. The van der Waals surface area contributed by atoms with Crippen LogP contribution in [0.4, 0.5) is 20.2 Å². The maximum Gasteiger partial charge on any atom is 0.280 e. The highest BCUT2D eigenvalue weighted by molar-refractivity contribution is 7.85. The zero-order chi connectivity index (χ0) is 25.3. The van der Waals surface area contributed by atoms with Crippen LogP contribution in [0.25, 0.3) is 0 Å². The van der Waals surface area contributed by atoms with Gasteiger partial charge in [-0.25, -0.2) is 18.7 Å². The number of aryl methyl sites for hydroxylation is 1. The second-order valence-electron chi connectivity index (χ2n) is 7.84. The lowest BCUT2D eigenvalue weighted by molar-refractivity contribution is -0.385. The Bertz CT molecular complexity index is 1360. The van der Waals surface area contributed by atoms with Crippen LogP contribution in [0, 0.1) is 17.0 Å². The van der Waals surface area contributed by atoms with Crippen LogP contribution in [0.15, 0.2) is 53.7 Å². The first kappa shape index (κ1) is 24.2. The number of nitro groups is 1. The summed E-state index contributed by atoms with van der Waals surface area (Å²) < 4.78 is 42.2. The number of halogens is 2. The molecule has 2 aromatic carbocycles. The summed E-state index contributed by atoms with van der Waals surface area (Å²) in [6, 6.07) is 7.72. The monoisotopic (exact) mass is 500 g/mol. The smallest absolute Gasteiger partial charge is 0.280 e. The zero-order valence-electron chi connectivity index (χ0n) is 18.3. The first-order chi connectivity index (χ1) is 16.6. The third kappa shape index (κ3) is 4.69. The molecule has 1 aliphatic rings. The van der Waals surface area contributed by atoms with Crippen molar-refractivity contribution in [3.8, 4) is 0 Å². The molecule has 2 heterocycles. The Morgan fingerprint density at radius 3 is 2.63 bits per heavy atom. The van der Waals surface area contributed by atoms with Crippen molar-refractivity contribution >= 4 is 34.4 Å². The van der Waals surface area contributed by atoms with E-state index in [0.717, 1.165) is 11.0 Å². The van der Waals surface area contributed by atoms with Gasteiger partial charge in [0.05, 0.1) is 44.0 Å². The molecule has 0 spiro atoms. The van der Waals surface area contributed by atoms with Gasteiger partial charge in [0.1, 0.15) is 5.82 Å². The maximum atomic E-state index is 14.7. The van der Waals surface area contributed by atoms with E-state index in [9.17, 15) is 32.7 Å². The van der Waals surface area contributed by atoms with E-state index in [2.05, 4.69) is 9.97 Å². The van der Waals surface area contributed by atoms with Crippen molar-refractivity contribution in [2.45, 2.75) is 30.7 Å². The minimum absolute atomic E-state index is 0.00657. The second kappa shape index (κ2) is 9.37. The SMILES string of the molecule is Cc1ncc(C(=O)N(Cc2ccc(C=O)c([N+](=O)[O-])c2)c2cccc3c2S(=O)CCC3(F)F)cn1. The summed E-state index contributed by atoms with van der Waals surface area (Å²) in [4.78, 5) is 44.3. The van der Waals surface area contributed by atoms with E-state index in [0.29, 0.717) is 12.1 Å². The normalized spacial score (nSPS) is 16.3. The van der Waals surface area contributed by atoms with Crippen molar-refractivity contribution in [2.75, 3.05) is 10.7 Å². The van der Waals surface area contributed by atoms with Crippen LogP contribution in [0.5, 0.6) is 0 Å². The molecule has 0 N–H and O–H groups in total. The lowest BCUT2D eigenvalue weighted by Gasteiger charge is -2.31. The van der Waals surface area contributed by atoms with E-state index >= 15 is 0 Å². The first-order valence-electron chi connectivity index (χ1n) is 10.3. The molecule has 180 valence electrons. The van der Waals surface area contributed by atoms with Gasteiger partial charge in [-0.2, -0.15) is 0 Å². The van der Waals surface area contributed by atoms with E-state index < -0.39 is 45.2 Å². The molecule has 35 heavy (non-hydrogen) atoms. The zero-order valence-corrected chi connectivity index (χ0v) is 19.1. The van der Waals surface area contributed by atoms with Crippen LogP contribution in [-0.4, -0.2) is 37.0 Å². The minimum atomic E-state index is -3.23. The van der Waals surface area contributed by atoms with Gasteiger partial charge in [0.2, 0.25) is 0 Å². The summed E-state index contributed by atoms with van der Waals surface area (Å²) in [6.07, 6.45) is 2.30. The number of carbonyl (C=O) groups is 2. The Balaban J connectivity index is 1.88. The number of aldehydes is 1. The number of benzene rings is 2. The number of aromatic nitrogens is 2. The number of rotatable bonds is 6. The quantitative estimate of drug-likeness (QED) is 0.285. The van der Waals surface area contributed by atoms with E-state index in [-0.39, 0.29) is 39.6 Å². The van der Waals surface area contributed by atoms with Crippen molar-refractivity contribution in [2.24, 2.45) is 0 Å². The topological polar surface area (TPSA) is 123 Å². The standard InChI is InChI=1S/C23H18F2N4O5S/c1-14-26-10-17(11-27-14)22(31)28(12-15-5-6-16(13-30)20(9-15)29(32)33)19-4-2-3-18-21(19)35(34)8-7-23(18,24)25/h2-6,9-11,13H,7-8,12H2,1H3. The number of hydrogen-bond acceptors (Lipinski definition) is 7. The van der Waals surface area contributed by atoms with Crippen LogP contribution in [-0.2, 0) is 23.3 Å². The molecule has 12 heteroatoms. The van der Waals surface area contributed by atoms with Crippen molar-refractivity contribution in [1.29, 1.82) is 0 Å². The fraction of sp³-hybridized carbons (Fsp3) is 0.217. The number of amides is 1. The Hall–Kier alpha value is -3.93. The molecule has 0 bridgehead atoms. The predicted octanol–water partition coefficient (Wildman–Crippen LogP) is 3.96. The van der Waals surface area contributed by atoms with Crippen LogP contribution < -0.4 is 4.90 Å². The molecule has 1 unspecified atom stereocenters. The molecule has 3 aromatic rings. The van der Waals surface area contributed by atoms with Gasteiger partial charge in [0.25, 0.3) is 17.5 Å². The largest absolute Gasteiger partial charge is 0.303 e. The third-order valence-corrected chi connectivity index (χ3v) is 7.00. The van der Waals surface area contributed by atoms with Gasteiger partial charge >= 0.3 is 0 Å². The van der Waals surface area contributed by atoms with Crippen molar-refractivity contribution < 1.29 is 27.5 Å². The lowest BCUT2D eigenvalue weighted by atomic mass is 10.0. The Morgan fingerprint density at radius 1 is 1.26 bits per heavy atom. The van der Waals surface area contributed by atoms with Gasteiger partial charge in [0.15, 0.2) is 6.29 Å². The molecule has 9 nitrogen and oxygen atoms in total. The van der Waals surface area contributed by atoms with Gasteiger partial charge in [-0.1, -0.05) is 18.2 Å². The average Bonchev–Trinajstić information content (AvgIpc) is 2.84. The highest BCUT2D eigenvalue weighted by Crippen LogP contribution is 2.44. The van der Waals surface area contributed by atoms with Gasteiger partial charge in [-0.15, -0.1) is 0 Å². The molecular weight excluding hydrogens is 482 g/mol. The number of hydrogen-bond donors (Lipinski definition) is 0. The highest BCUT2D eigenvalue weighted by Gasteiger charge is 2.42. The van der Waals surface area contributed by atoms with Crippen LogP contribution in [0.3, 0.4) is 0 Å². The summed E-state index contributed by atoms with van der Waals surface area (Å²) in [7, 11) is -1.80. The Morgan fingerprint density at radius 2 is 1.97 bits per heavy atom. The molecule has 0 radical (unpaired) electrons. The molecule has 1 atom stereocenters. The van der Waals surface area contributed by atoms with Crippen molar-refractivity contribution in [3.63, 3.8) is 0 Å². The number of carbonyl (C=O) groups excluding carboxylic acids is 2. The van der Waals surface area contributed by atoms with Crippen molar-refractivity contribution in [1.82, 2.24) is 9.97 Å².